The predicted molar refractivity (Wildman–Crippen MR) is 80.9 cm³/mol. The number of benzene rings is 1. The Labute approximate surface area is 122 Å². The van der Waals surface area contributed by atoms with Gasteiger partial charge >= 0.3 is 0 Å². The second kappa shape index (κ2) is 4.61. The molecule has 4 rings (SSSR count). The molecule has 3 aliphatic rings. The molecule has 1 aromatic rings. The third kappa shape index (κ3) is 1.91. The van der Waals surface area contributed by atoms with Crippen molar-refractivity contribution in [1.29, 1.82) is 0 Å². The minimum atomic E-state index is -0.178. The van der Waals surface area contributed by atoms with E-state index in [1.807, 2.05) is 18.2 Å². The van der Waals surface area contributed by atoms with Gasteiger partial charge in [-0.25, -0.2) is 16.4 Å². The highest BCUT2D eigenvalue weighted by atomic mass is 16.2. The van der Waals surface area contributed by atoms with Gasteiger partial charge in [0.05, 0.1) is 11.6 Å². The van der Waals surface area contributed by atoms with Gasteiger partial charge in [-0.05, 0) is 30.7 Å². The van der Waals surface area contributed by atoms with E-state index in [9.17, 15) is 4.79 Å². The summed E-state index contributed by atoms with van der Waals surface area (Å²) in [6.45, 7) is 1.86. The van der Waals surface area contributed by atoms with Crippen LogP contribution in [0.3, 0.4) is 0 Å². The lowest BCUT2D eigenvalue weighted by molar-refractivity contribution is 0.0855. The van der Waals surface area contributed by atoms with Crippen LogP contribution in [0, 0.1) is 0 Å². The molecular weight excluding hydrogens is 266 g/mol. The Morgan fingerprint density at radius 1 is 1.33 bits per heavy atom. The first-order valence-corrected chi connectivity index (χ1v) is 7.10. The fraction of sp³-hybridized carbons (Fsp3) is 0.267. The van der Waals surface area contributed by atoms with Crippen molar-refractivity contribution in [3.63, 3.8) is 0 Å². The van der Waals surface area contributed by atoms with Crippen LogP contribution in [0.1, 0.15) is 22.3 Å². The second-order valence-corrected chi connectivity index (χ2v) is 5.47. The highest BCUT2D eigenvalue weighted by Crippen LogP contribution is 2.41. The van der Waals surface area contributed by atoms with Crippen LogP contribution in [0.5, 0.6) is 0 Å². The van der Waals surface area contributed by atoms with Gasteiger partial charge in [0, 0.05) is 29.6 Å². The summed E-state index contributed by atoms with van der Waals surface area (Å²) < 4.78 is 0. The molecule has 1 unspecified atom stereocenters. The molecule has 5 N–H and O–H groups in total. The first-order valence-electron chi connectivity index (χ1n) is 7.10. The third-order valence-corrected chi connectivity index (χ3v) is 4.19. The Morgan fingerprint density at radius 3 is 3.05 bits per heavy atom. The molecule has 0 saturated heterocycles. The summed E-state index contributed by atoms with van der Waals surface area (Å²) in [4.78, 5) is 12.2. The molecule has 0 spiro atoms. The Morgan fingerprint density at radius 2 is 2.24 bits per heavy atom. The zero-order valence-electron chi connectivity index (χ0n) is 11.5. The maximum Gasteiger partial charge on any atom is 0.271 e. The van der Waals surface area contributed by atoms with E-state index < -0.39 is 0 Å². The van der Waals surface area contributed by atoms with E-state index in [0.717, 1.165) is 36.3 Å². The van der Waals surface area contributed by atoms with Crippen molar-refractivity contribution in [1.82, 2.24) is 15.9 Å². The van der Waals surface area contributed by atoms with Gasteiger partial charge in [0.1, 0.15) is 0 Å². The zero-order chi connectivity index (χ0) is 14.4. The number of anilines is 1. The first-order chi connectivity index (χ1) is 10.2. The molecule has 3 aliphatic heterocycles. The highest BCUT2D eigenvalue weighted by molar-refractivity contribution is 6.05. The van der Waals surface area contributed by atoms with Crippen LogP contribution in [0.4, 0.5) is 5.69 Å². The second-order valence-electron chi connectivity index (χ2n) is 5.47. The summed E-state index contributed by atoms with van der Waals surface area (Å²) in [5, 5.41) is 8.10. The number of amides is 1. The van der Waals surface area contributed by atoms with Crippen molar-refractivity contribution < 1.29 is 4.79 Å². The minimum absolute atomic E-state index is 0.0852. The van der Waals surface area contributed by atoms with Crippen molar-refractivity contribution in [3.05, 3.63) is 47.2 Å². The quantitative estimate of drug-likeness (QED) is 0.447. The molecule has 0 bridgehead atoms. The summed E-state index contributed by atoms with van der Waals surface area (Å²) >= 11 is 0. The molecule has 21 heavy (non-hydrogen) atoms. The summed E-state index contributed by atoms with van der Waals surface area (Å²) in [6.07, 6.45) is 5.01. The maximum atomic E-state index is 12.2. The van der Waals surface area contributed by atoms with E-state index in [2.05, 4.69) is 22.1 Å². The van der Waals surface area contributed by atoms with E-state index in [4.69, 9.17) is 5.84 Å². The summed E-state index contributed by atoms with van der Waals surface area (Å²) in [5.74, 6) is 5.67. The SMILES string of the molecule is NN1C=C2c3c(cccc3C(=O)N1)NC2C1=CCNCC1. The zero-order valence-corrected chi connectivity index (χ0v) is 11.5. The Balaban J connectivity index is 1.85. The minimum Gasteiger partial charge on any atom is -0.374 e. The number of nitrogens with two attached hydrogens (primary N) is 1. The molecule has 0 fully saturated rings. The number of rotatable bonds is 1. The van der Waals surface area contributed by atoms with Crippen molar-refractivity contribution >= 4 is 17.2 Å². The Bertz CT molecular complexity index is 679. The fourth-order valence-electron chi connectivity index (χ4n) is 3.24. The average Bonchev–Trinajstić information content (AvgIpc) is 2.80. The summed E-state index contributed by atoms with van der Waals surface area (Å²) in [5.41, 5.74) is 7.66. The van der Waals surface area contributed by atoms with Crippen molar-refractivity contribution in [2.75, 3.05) is 18.4 Å². The van der Waals surface area contributed by atoms with Crippen molar-refractivity contribution in [2.45, 2.75) is 12.5 Å². The van der Waals surface area contributed by atoms with Gasteiger partial charge < -0.3 is 10.6 Å². The highest BCUT2D eigenvalue weighted by Gasteiger charge is 2.34. The lowest BCUT2D eigenvalue weighted by atomic mass is 9.91. The topological polar surface area (TPSA) is 82.4 Å². The molecule has 6 heteroatoms. The van der Waals surface area contributed by atoms with Gasteiger partial charge in [0.25, 0.3) is 5.91 Å². The number of nitrogens with zero attached hydrogens (tertiary/aromatic N) is 1. The molecule has 1 amide bonds. The van der Waals surface area contributed by atoms with E-state index in [0.29, 0.717) is 5.56 Å². The largest absolute Gasteiger partial charge is 0.374 e. The first kappa shape index (κ1) is 12.4. The van der Waals surface area contributed by atoms with Gasteiger partial charge in [-0.2, -0.15) is 0 Å². The van der Waals surface area contributed by atoms with Crippen LogP contribution in [-0.2, 0) is 0 Å². The Hall–Kier alpha value is -2.31. The average molecular weight is 283 g/mol. The molecule has 0 aromatic heterocycles. The predicted octanol–water partition coefficient (Wildman–Crippen LogP) is 0.575. The van der Waals surface area contributed by atoms with Gasteiger partial charge in [-0.15, -0.1) is 0 Å². The molecule has 108 valence electrons. The number of hydrogen-bond donors (Lipinski definition) is 4. The van der Waals surface area contributed by atoms with Gasteiger partial charge in [-0.1, -0.05) is 12.1 Å². The fourth-order valence-corrected chi connectivity index (χ4v) is 3.24. The maximum absolute atomic E-state index is 12.2. The van der Waals surface area contributed by atoms with Crippen LogP contribution >= 0.6 is 0 Å². The lowest BCUT2D eigenvalue weighted by Gasteiger charge is -2.22. The number of nitrogens with one attached hydrogen (secondary N) is 3. The summed E-state index contributed by atoms with van der Waals surface area (Å²) in [6, 6.07) is 5.82. The molecule has 0 radical (unpaired) electrons. The van der Waals surface area contributed by atoms with Gasteiger partial charge in [-0.3, -0.25) is 4.79 Å². The van der Waals surface area contributed by atoms with Crippen LogP contribution < -0.4 is 21.9 Å². The van der Waals surface area contributed by atoms with Crippen LogP contribution in [0.25, 0.3) is 5.57 Å². The van der Waals surface area contributed by atoms with Gasteiger partial charge in [0.15, 0.2) is 0 Å². The van der Waals surface area contributed by atoms with E-state index in [-0.39, 0.29) is 11.9 Å². The van der Waals surface area contributed by atoms with E-state index in [1.165, 1.54) is 10.7 Å². The van der Waals surface area contributed by atoms with Crippen LogP contribution in [-0.4, -0.2) is 30.2 Å². The lowest BCUT2D eigenvalue weighted by Crippen LogP contribution is -2.42. The number of carbonyl (C=O) groups excluding carboxylic acids is 1. The number of hydrazine groups is 2. The van der Waals surface area contributed by atoms with Crippen molar-refractivity contribution in [2.24, 2.45) is 5.84 Å². The molecular formula is C15H17N5O. The van der Waals surface area contributed by atoms with Gasteiger partial charge in [0.2, 0.25) is 0 Å². The molecule has 3 heterocycles. The molecule has 0 saturated carbocycles. The molecule has 0 aliphatic carbocycles. The molecule has 1 aromatic carbocycles. The molecule has 6 nitrogen and oxygen atoms in total. The third-order valence-electron chi connectivity index (χ3n) is 4.19. The standard InChI is InChI=1S/C15H17N5O/c16-20-8-11-13-10(15(21)19-20)2-1-3-12(13)18-14(11)9-4-6-17-7-5-9/h1-4,8,14,17-18H,5-7,16H2,(H,19,21). The summed E-state index contributed by atoms with van der Waals surface area (Å²) in [7, 11) is 0. The normalized spacial score (nSPS) is 23.6. The number of carbonyl (C=O) groups is 1. The monoisotopic (exact) mass is 283 g/mol. The Kier molecular flexibility index (Phi) is 2.73. The van der Waals surface area contributed by atoms with Crippen LogP contribution in [0.2, 0.25) is 0 Å². The number of hydrogen-bond acceptors (Lipinski definition) is 5. The van der Waals surface area contributed by atoms with Crippen molar-refractivity contribution in [3.8, 4) is 0 Å². The molecule has 1 atom stereocenters. The van der Waals surface area contributed by atoms with Crippen LogP contribution in [0.15, 0.2) is 36.0 Å². The van der Waals surface area contributed by atoms with E-state index >= 15 is 0 Å². The van der Waals surface area contributed by atoms with E-state index in [1.54, 1.807) is 6.20 Å². The smallest absolute Gasteiger partial charge is 0.271 e.